The van der Waals surface area contributed by atoms with Gasteiger partial charge >= 0.3 is 0 Å². The number of aryl methyl sites for hydroxylation is 1. The molecule has 9 rings (SSSR count). The molecule has 2 nitrogen and oxygen atoms in total. The van der Waals surface area contributed by atoms with Crippen molar-refractivity contribution < 1.29 is 0 Å². The van der Waals surface area contributed by atoms with Crippen LogP contribution in [0.3, 0.4) is 0 Å². The van der Waals surface area contributed by atoms with Gasteiger partial charge in [0.15, 0.2) is 0 Å². The Morgan fingerprint density at radius 2 is 0.952 bits per heavy atom. The van der Waals surface area contributed by atoms with Crippen molar-refractivity contribution in [1.82, 2.24) is 4.90 Å². The van der Waals surface area contributed by atoms with Gasteiger partial charge in [-0.05, 0) is 155 Å². The fourth-order valence-electron chi connectivity index (χ4n) is 9.37. The molecular weight excluding hydrogens is 749 g/mol. The van der Waals surface area contributed by atoms with Gasteiger partial charge in [-0.1, -0.05) is 177 Å². The molecule has 0 amide bonds. The smallest absolute Gasteiger partial charge is 0.0853 e. The SMILES string of the molecule is C=C/C=C(\C=C/C)N(Cc1ccc(-c2c3ccccc3c(-c3ccc4cc(-c5c6ccccc6c(C)c6ccccc56)ccc4c3)c3ccccc23)cc1)/C(C=C)=C(/C=C)N=C. The summed E-state index contributed by atoms with van der Waals surface area (Å²) in [6.07, 6.45) is 11.4. The maximum absolute atomic E-state index is 4.26. The highest BCUT2D eigenvalue weighted by atomic mass is 15.2. The molecule has 0 atom stereocenters. The van der Waals surface area contributed by atoms with Crippen LogP contribution < -0.4 is 0 Å². The van der Waals surface area contributed by atoms with Gasteiger partial charge in [0.2, 0.25) is 0 Å². The molecule has 2 heteroatoms. The largest absolute Gasteiger partial charge is 0.335 e. The number of rotatable bonds is 12. The lowest BCUT2D eigenvalue weighted by atomic mass is 9.85. The summed E-state index contributed by atoms with van der Waals surface area (Å²) in [6, 6.07) is 58.2. The van der Waals surface area contributed by atoms with Crippen LogP contribution >= 0.6 is 0 Å². The van der Waals surface area contributed by atoms with Crippen LogP contribution in [0.5, 0.6) is 0 Å². The first-order chi connectivity index (χ1) is 30.5. The molecule has 0 aliphatic rings. The molecule has 9 aromatic rings. The van der Waals surface area contributed by atoms with E-state index in [0.717, 1.165) is 22.5 Å². The predicted molar refractivity (Wildman–Crippen MR) is 271 cm³/mol. The van der Waals surface area contributed by atoms with Crippen molar-refractivity contribution in [2.45, 2.75) is 20.4 Å². The summed E-state index contributed by atoms with van der Waals surface area (Å²) in [7, 11) is 0. The summed E-state index contributed by atoms with van der Waals surface area (Å²) >= 11 is 0. The van der Waals surface area contributed by atoms with E-state index in [1.807, 2.05) is 25.2 Å². The van der Waals surface area contributed by atoms with E-state index in [1.165, 1.54) is 87.2 Å². The normalized spacial score (nSPS) is 12.3. The number of benzene rings is 9. The third-order valence-electron chi connectivity index (χ3n) is 12.2. The minimum Gasteiger partial charge on any atom is -0.335 e. The number of fused-ring (bicyclic) bond motifs is 5. The maximum atomic E-state index is 4.26. The van der Waals surface area contributed by atoms with Crippen LogP contribution in [0.4, 0.5) is 0 Å². The van der Waals surface area contributed by atoms with Gasteiger partial charge < -0.3 is 4.90 Å². The van der Waals surface area contributed by atoms with Gasteiger partial charge in [-0.3, -0.25) is 4.99 Å². The van der Waals surface area contributed by atoms with E-state index >= 15 is 0 Å². The molecule has 0 aromatic heterocycles. The van der Waals surface area contributed by atoms with E-state index in [0.29, 0.717) is 12.2 Å². The number of hydrogen-bond donors (Lipinski definition) is 0. The maximum Gasteiger partial charge on any atom is 0.0853 e. The van der Waals surface area contributed by atoms with Crippen molar-refractivity contribution in [3.63, 3.8) is 0 Å². The zero-order valence-corrected chi connectivity index (χ0v) is 35.4. The summed E-state index contributed by atoms with van der Waals surface area (Å²) in [5.41, 5.74) is 12.3. The Kier molecular flexibility index (Phi) is 10.9. The lowest BCUT2D eigenvalue weighted by Crippen LogP contribution is -2.21. The Morgan fingerprint density at radius 3 is 1.35 bits per heavy atom. The molecule has 9 aromatic carbocycles. The lowest BCUT2D eigenvalue weighted by molar-refractivity contribution is 0.443. The second-order valence-electron chi connectivity index (χ2n) is 15.7. The van der Waals surface area contributed by atoms with Gasteiger partial charge in [-0.15, -0.1) is 0 Å². The van der Waals surface area contributed by atoms with Crippen molar-refractivity contribution in [3.8, 4) is 33.4 Å². The first kappa shape index (κ1) is 39.6. The summed E-state index contributed by atoms with van der Waals surface area (Å²) in [6.45, 7) is 20.7. The second-order valence-corrected chi connectivity index (χ2v) is 15.7. The lowest BCUT2D eigenvalue weighted by Gasteiger charge is -2.28. The molecule has 0 saturated carbocycles. The molecule has 0 bridgehead atoms. The average molecular weight is 797 g/mol. The molecular formula is C60H48N2. The highest BCUT2D eigenvalue weighted by Gasteiger charge is 2.19. The van der Waals surface area contributed by atoms with E-state index in [2.05, 4.69) is 207 Å². The minimum atomic E-state index is 0.584. The van der Waals surface area contributed by atoms with E-state index in [1.54, 1.807) is 12.2 Å². The number of allylic oxidation sites excluding steroid dienone is 6. The molecule has 0 aliphatic carbocycles. The van der Waals surface area contributed by atoms with Crippen LogP contribution in [-0.2, 0) is 6.54 Å². The summed E-state index contributed by atoms with van der Waals surface area (Å²) in [5.74, 6) is 0. The van der Waals surface area contributed by atoms with Crippen LogP contribution in [0.1, 0.15) is 18.1 Å². The summed E-state index contributed by atoms with van der Waals surface area (Å²) in [4.78, 5) is 6.43. The minimum absolute atomic E-state index is 0.584. The Morgan fingerprint density at radius 1 is 0.532 bits per heavy atom. The number of aliphatic imine (C=N–C) groups is 1. The number of nitrogens with zero attached hydrogens (tertiary/aromatic N) is 2. The van der Waals surface area contributed by atoms with E-state index in [9.17, 15) is 0 Å². The molecule has 0 heterocycles. The first-order valence-electron chi connectivity index (χ1n) is 21.1. The first-order valence-corrected chi connectivity index (χ1v) is 21.1. The second kappa shape index (κ2) is 17.0. The van der Waals surface area contributed by atoms with Gasteiger partial charge in [-0.25, -0.2) is 0 Å². The number of hydrogen-bond acceptors (Lipinski definition) is 2. The Balaban J connectivity index is 1.14. The quantitative estimate of drug-likeness (QED) is 0.0683. The van der Waals surface area contributed by atoms with Gasteiger partial charge in [0.05, 0.1) is 11.4 Å². The van der Waals surface area contributed by atoms with Gasteiger partial charge in [0.25, 0.3) is 0 Å². The molecule has 0 radical (unpaired) electrons. The van der Waals surface area contributed by atoms with Gasteiger partial charge in [0.1, 0.15) is 0 Å². The highest BCUT2D eigenvalue weighted by Crippen LogP contribution is 2.45. The van der Waals surface area contributed by atoms with Gasteiger partial charge in [-0.2, -0.15) is 0 Å². The highest BCUT2D eigenvalue weighted by molar-refractivity contribution is 6.22. The fourth-order valence-corrected chi connectivity index (χ4v) is 9.37. The monoisotopic (exact) mass is 796 g/mol. The third-order valence-corrected chi connectivity index (χ3v) is 12.2. The summed E-state index contributed by atoms with van der Waals surface area (Å²) < 4.78 is 0. The van der Waals surface area contributed by atoms with Crippen molar-refractivity contribution in [2.75, 3.05) is 0 Å². The van der Waals surface area contributed by atoms with Crippen LogP contribution in [0.25, 0.3) is 87.2 Å². The molecule has 0 fully saturated rings. The molecule has 0 N–H and O–H groups in total. The third kappa shape index (κ3) is 6.96. The average Bonchev–Trinajstić information content (AvgIpc) is 3.32. The molecule has 0 saturated heterocycles. The molecule has 298 valence electrons. The fraction of sp³-hybridized carbons (Fsp3) is 0.0500. The van der Waals surface area contributed by atoms with Crippen LogP contribution in [-0.4, -0.2) is 11.6 Å². The zero-order chi connectivity index (χ0) is 42.7. The Labute approximate surface area is 364 Å². The van der Waals surface area contributed by atoms with Gasteiger partial charge in [0, 0.05) is 12.2 Å². The zero-order valence-electron chi connectivity index (χ0n) is 35.4. The Hall–Kier alpha value is -7.81. The van der Waals surface area contributed by atoms with Crippen molar-refractivity contribution in [3.05, 3.63) is 242 Å². The van der Waals surface area contributed by atoms with E-state index < -0.39 is 0 Å². The van der Waals surface area contributed by atoms with E-state index in [4.69, 9.17) is 0 Å². The van der Waals surface area contributed by atoms with Crippen molar-refractivity contribution in [1.29, 1.82) is 0 Å². The summed E-state index contributed by atoms with van der Waals surface area (Å²) in [5, 5.41) is 12.5. The predicted octanol–water partition coefficient (Wildman–Crippen LogP) is 16.5. The molecule has 62 heavy (non-hydrogen) atoms. The van der Waals surface area contributed by atoms with Crippen LogP contribution in [0.2, 0.25) is 0 Å². The molecule has 0 spiro atoms. The van der Waals surface area contributed by atoms with Crippen molar-refractivity contribution >= 4 is 60.6 Å². The standard InChI is InChI=1S/C60H48N2/c1-7-19-47(20-8-2)62(57(10-4)56(9-3)61-6)39-41-29-31-42(32-30-41)58-52-25-15-17-27-54(52)60(55-28-18-16-26-53(55)58)46-36-34-43-37-45(35-33-44(43)38-46)59-50-23-13-11-21-48(50)40(5)49-22-12-14-24-51(49)59/h7-38H,1,3-4,6,39H2,2,5H3/b20-8-,47-19+,57-56-. The molecule has 0 unspecified atom stereocenters. The topological polar surface area (TPSA) is 15.6 Å². The molecule has 0 aliphatic heterocycles. The van der Waals surface area contributed by atoms with Crippen molar-refractivity contribution in [2.24, 2.45) is 4.99 Å². The van der Waals surface area contributed by atoms with E-state index in [-0.39, 0.29) is 0 Å². The van der Waals surface area contributed by atoms with Crippen LogP contribution in [0, 0.1) is 6.92 Å². The Bertz CT molecular complexity index is 3230. The van der Waals surface area contributed by atoms with Crippen LogP contribution in [0.15, 0.2) is 236 Å².